The van der Waals surface area contributed by atoms with Crippen molar-refractivity contribution < 1.29 is 9.90 Å². The Bertz CT molecular complexity index is 552. The topological polar surface area (TPSA) is 79.2 Å². The zero-order valence-electron chi connectivity index (χ0n) is 12.0. The van der Waals surface area contributed by atoms with Crippen LogP contribution in [0.2, 0.25) is 0 Å². The SMILES string of the molecule is CC(CCO)CNC(=O)Nc1ccc(-n2cccn2)cc1. The van der Waals surface area contributed by atoms with Gasteiger partial charge in [-0.25, -0.2) is 9.48 Å². The first-order chi connectivity index (χ1) is 10.2. The van der Waals surface area contributed by atoms with Gasteiger partial charge in [-0.2, -0.15) is 5.10 Å². The molecule has 2 rings (SSSR count). The molecule has 1 atom stereocenters. The summed E-state index contributed by atoms with van der Waals surface area (Å²) in [5, 5.41) is 18.5. The van der Waals surface area contributed by atoms with Crippen LogP contribution >= 0.6 is 0 Å². The van der Waals surface area contributed by atoms with E-state index in [2.05, 4.69) is 15.7 Å². The number of benzene rings is 1. The van der Waals surface area contributed by atoms with Crippen molar-refractivity contribution >= 4 is 11.7 Å². The zero-order valence-corrected chi connectivity index (χ0v) is 12.0. The Hall–Kier alpha value is -2.34. The van der Waals surface area contributed by atoms with Crippen molar-refractivity contribution in [2.24, 2.45) is 5.92 Å². The van der Waals surface area contributed by atoms with E-state index in [-0.39, 0.29) is 18.6 Å². The number of hydrogen-bond donors (Lipinski definition) is 3. The van der Waals surface area contributed by atoms with Crippen molar-refractivity contribution in [2.45, 2.75) is 13.3 Å². The number of anilines is 1. The minimum absolute atomic E-state index is 0.138. The highest BCUT2D eigenvalue weighted by molar-refractivity contribution is 5.89. The van der Waals surface area contributed by atoms with Crippen LogP contribution in [0.5, 0.6) is 0 Å². The highest BCUT2D eigenvalue weighted by Crippen LogP contribution is 2.12. The molecule has 0 spiro atoms. The van der Waals surface area contributed by atoms with Crippen LogP contribution in [0.1, 0.15) is 13.3 Å². The second kappa shape index (κ2) is 7.44. The normalized spacial score (nSPS) is 11.9. The van der Waals surface area contributed by atoms with Crippen molar-refractivity contribution in [3.63, 3.8) is 0 Å². The predicted molar refractivity (Wildman–Crippen MR) is 81.5 cm³/mol. The largest absolute Gasteiger partial charge is 0.396 e. The van der Waals surface area contributed by atoms with Gasteiger partial charge < -0.3 is 15.7 Å². The van der Waals surface area contributed by atoms with E-state index in [4.69, 9.17) is 5.11 Å². The Morgan fingerprint density at radius 2 is 2.14 bits per heavy atom. The lowest BCUT2D eigenvalue weighted by Crippen LogP contribution is -2.32. The number of carbonyl (C=O) groups excluding carboxylic acids is 1. The predicted octanol–water partition coefficient (Wildman–Crippen LogP) is 2.01. The molecule has 0 aliphatic carbocycles. The van der Waals surface area contributed by atoms with Crippen molar-refractivity contribution in [2.75, 3.05) is 18.5 Å². The molecule has 1 heterocycles. The van der Waals surface area contributed by atoms with Gasteiger partial charge in [-0.05, 0) is 42.7 Å². The number of amides is 2. The van der Waals surface area contributed by atoms with Crippen LogP contribution in [-0.2, 0) is 0 Å². The fourth-order valence-corrected chi connectivity index (χ4v) is 1.88. The molecule has 0 saturated heterocycles. The van der Waals surface area contributed by atoms with Gasteiger partial charge in [0, 0.05) is 31.2 Å². The van der Waals surface area contributed by atoms with Crippen LogP contribution in [0.15, 0.2) is 42.7 Å². The maximum absolute atomic E-state index is 11.7. The van der Waals surface area contributed by atoms with E-state index in [0.717, 1.165) is 11.4 Å². The first kappa shape index (κ1) is 15.1. The van der Waals surface area contributed by atoms with E-state index in [1.54, 1.807) is 10.9 Å². The molecule has 0 aliphatic rings. The molecule has 0 saturated carbocycles. The molecule has 0 bridgehead atoms. The molecule has 1 aromatic carbocycles. The quantitative estimate of drug-likeness (QED) is 0.760. The summed E-state index contributed by atoms with van der Waals surface area (Å²) in [6, 6.07) is 9.04. The van der Waals surface area contributed by atoms with Crippen molar-refractivity contribution in [3.8, 4) is 5.69 Å². The summed E-state index contributed by atoms with van der Waals surface area (Å²) < 4.78 is 1.75. The fraction of sp³-hybridized carbons (Fsp3) is 0.333. The highest BCUT2D eigenvalue weighted by Gasteiger charge is 2.05. The number of nitrogens with zero attached hydrogens (tertiary/aromatic N) is 2. The molecule has 2 aromatic rings. The number of aliphatic hydroxyl groups excluding tert-OH is 1. The number of aliphatic hydroxyl groups is 1. The number of hydrogen-bond acceptors (Lipinski definition) is 3. The zero-order chi connectivity index (χ0) is 15.1. The average Bonchev–Trinajstić information content (AvgIpc) is 3.00. The lowest BCUT2D eigenvalue weighted by atomic mass is 10.1. The van der Waals surface area contributed by atoms with Crippen LogP contribution in [0, 0.1) is 5.92 Å². The molecule has 0 radical (unpaired) electrons. The van der Waals surface area contributed by atoms with Gasteiger partial charge in [-0.1, -0.05) is 6.92 Å². The van der Waals surface area contributed by atoms with Gasteiger partial charge in [-0.15, -0.1) is 0 Å². The van der Waals surface area contributed by atoms with Gasteiger partial charge in [0.15, 0.2) is 0 Å². The van der Waals surface area contributed by atoms with Crippen LogP contribution in [-0.4, -0.2) is 34.1 Å². The molecule has 2 amide bonds. The third kappa shape index (κ3) is 4.61. The monoisotopic (exact) mass is 288 g/mol. The standard InChI is InChI=1S/C15H20N4O2/c1-12(7-10-20)11-16-15(21)18-13-3-5-14(6-4-13)19-9-2-8-17-19/h2-6,8-9,12,20H,7,10-11H2,1H3,(H2,16,18,21). The minimum atomic E-state index is -0.244. The summed E-state index contributed by atoms with van der Waals surface area (Å²) in [6.45, 7) is 2.66. The summed E-state index contributed by atoms with van der Waals surface area (Å²) in [5.74, 6) is 0.253. The Kier molecular flexibility index (Phi) is 5.34. The average molecular weight is 288 g/mol. The summed E-state index contributed by atoms with van der Waals surface area (Å²) >= 11 is 0. The molecule has 21 heavy (non-hydrogen) atoms. The minimum Gasteiger partial charge on any atom is -0.396 e. The maximum atomic E-state index is 11.7. The van der Waals surface area contributed by atoms with Crippen LogP contribution in [0.3, 0.4) is 0 Å². The van der Waals surface area contributed by atoms with Gasteiger partial charge in [0.1, 0.15) is 0 Å². The maximum Gasteiger partial charge on any atom is 0.319 e. The smallest absolute Gasteiger partial charge is 0.319 e. The Morgan fingerprint density at radius 3 is 2.76 bits per heavy atom. The van der Waals surface area contributed by atoms with Crippen molar-refractivity contribution in [1.82, 2.24) is 15.1 Å². The summed E-state index contributed by atoms with van der Waals surface area (Å²) in [7, 11) is 0. The van der Waals surface area contributed by atoms with E-state index in [9.17, 15) is 4.79 Å². The van der Waals surface area contributed by atoms with E-state index in [1.807, 2.05) is 43.5 Å². The third-order valence-corrected chi connectivity index (χ3v) is 3.13. The molecule has 6 nitrogen and oxygen atoms in total. The number of urea groups is 1. The van der Waals surface area contributed by atoms with Gasteiger partial charge in [-0.3, -0.25) is 0 Å². The highest BCUT2D eigenvalue weighted by atomic mass is 16.3. The van der Waals surface area contributed by atoms with Gasteiger partial charge >= 0.3 is 6.03 Å². The van der Waals surface area contributed by atoms with E-state index < -0.39 is 0 Å². The Morgan fingerprint density at radius 1 is 1.38 bits per heavy atom. The lowest BCUT2D eigenvalue weighted by molar-refractivity contribution is 0.243. The van der Waals surface area contributed by atoms with E-state index >= 15 is 0 Å². The number of nitrogens with one attached hydrogen (secondary N) is 2. The molecule has 0 aliphatic heterocycles. The molecule has 3 N–H and O–H groups in total. The molecular formula is C15H20N4O2. The third-order valence-electron chi connectivity index (χ3n) is 3.13. The number of aromatic nitrogens is 2. The molecule has 1 aromatic heterocycles. The Balaban J connectivity index is 1.84. The lowest BCUT2D eigenvalue weighted by Gasteiger charge is -2.12. The van der Waals surface area contributed by atoms with Crippen LogP contribution < -0.4 is 10.6 Å². The second-order valence-electron chi connectivity index (χ2n) is 4.95. The van der Waals surface area contributed by atoms with Gasteiger partial charge in [0.25, 0.3) is 0 Å². The van der Waals surface area contributed by atoms with Crippen LogP contribution in [0.25, 0.3) is 5.69 Å². The molecule has 0 fully saturated rings. The number of rotatable bonds is 6. The summed E-state index contributed by atoms with van der Waals surface area (Å²) in [5.41, 5.74) is 1.65. The van der Waals surface area contributed by atoms with Crippen molar-refractivity contribution in [1.29, 1.82) is 0 Å². The van der Waals surface area contributed by atoms with Gasteiger partial charge in [0.05, 0.1) is 5.69 Å². The number of carbonyl (C=O) groups is 1. The van der Waals surface area contributed by atoms with Gasteiger partial charge in [0.2, 0.25) is 0 Å². The first-order valence-corrected chi connectivity index (χ1v) is 6.95. The second-order valence-corrected chi connectivity index (χ2v) is 4.95. The van der Waals surface area contributed by atoms with Crippen LogP contribution in [0.4, 0.5) is 10.5 Å². The summed E-state index contributed by atoms with van der Waals surface area (Å²) in [6.07, 6.45) is 4.25. The first-order valence-electron chi connectivity index (χ1n) is 6.95. The van der Waals surface area contributed by atoms with Crippen molar-refractivity contribution in [3.05, 3.63) is 42.7 Å². The van der Waals surface area contributed by atoms with E-state index in [1.165, 1.54) is 0 Å². The molecular weight excluding hydrogens is 268 g/mol. The summed E-state index contributed by atoms with van der Waals surface area (Å²) in [4.78, 5) is 11.7. The van der Waals surface area contributed by atoms with E-state index in [0.29, 0.717) is 13.0 Å². The fourth-order valence-electron chi connectivity index (χ4n) is 1.88. The molecule has 1 unspecified atom stereocenters. The molecule has 112 valence electrons. The molecule has 6 heteroatoms. The Labute approximate surface area is 123 Å².